The van der Waals surface area contributed by atoms with Crippen molar-refractivity contribution in [1.82, 2.24) is 0 Å². The van der Waals surface area contributed by atoms with Crippen molar-refractivity contribution >= 4 is 0 Å². The molecule has 1 aliphatic carbocycles. The highest BCUT2D eigenvalue weighted by Crippen LogP contribution is 2.38. The zero-order valence-electron chi connectivity index (χ0n) is 11.7. The maximum atomic E-state index is 10.5. The van der Waals surface area contributed by atoms with Crippen LogP contribution in [0.2, 0.25) is 0 Å². The Morgan fingerprint density at radius 3 is 2.28 bits per heavy atom. The fourth-order valence-corrected chi connectivity index (χ4v) is 3.24. The van der Waals surface area contributed by atoms with Gasteiger partial charge in [-0.1, -0.05) is 62.4 Å². The minimum absolute atomic E-state index is 0.256. The fourth-order valence-electron chi connectivity index (χ4n) is 3.24. The first-order chi connectivity index (χ1) is 8.70. The molecule has 0 radical (unpaired) electrons. The van der Waals surface area contributed by atoms with Crippen molar-refractivity contribution < 1.29 is 5.11 Å². The van der Waals surface area contributed by atoms with Crippen molar-refractivity contribution in [3.8, 4) is 0 Å². The van der Waals surface area contributed by atoms with Crippen molar-refractivity contribution in [1.29, 1.82) is 0 Å². The average molecular weight is 246 g/mol. The third kappa shape index (κ3) is 3.35. The van der Waals surface area contributed by atoms with Gasteiger partial charge in [0.2, 0.25) is 0 Å². The first-order valence-corrected chi connectivity index (χ1v) is 7.45. The van der Waals surface area contributed by atoms with Gasteiger partial charge in [0.1, 0.15) is 0 Å². The highest BCUT2D eigenvalue weighted by Gasteiger charge is 2.26. The number of aliphatic hydroxyl groups excluding tert-OH is 1. The molecule has 100 valence electrons. The topological polar surface area (TPSA) is 20.2 Å². The molecule has 0 saturated heterocycles. The monoisotopic (exact) mass is 246 g/mol. The molecule has 1 saturated carbocycles. The molecular formula is C17H26O. The molecule has 0 aliphatic heterocycles. The summed E-state index contributed by atoms with van der Waals surface area (Å²) >= 11 is 0. The lowest BCUT2D eigenvalue weighted by molar-refractivity contribution is 0.0722. The molecule has 0 bridgehead atoms. The third-order valence-corrected chi connectivity index (χ3v) is 4.45. The summed E-state index contributed by atoms with van der Waals surface area (Å²) < 4.78 is 0. The minimum atomic E-state index is -0.256. The Hall–Kier alpha value is -0.820. The second kappa shape index (κ2) is 6.38. The van der Waals surface area contributed by atoms with Crippen molar-refractivity contribution in [3.63, 3.8) is 0 Å². The molecule has 1 unspecified atom stereocenters. The van der Waals surface area contributed by atoms with E-state index < -0.39 is 0 Å². The van der Waals surface area contributed by atoms with Crippen molar-refractivity contribution in [2.45, 2.75) is 58.5 Å². The third-order valence-electron chi connectivity index (χ3n) is 4.45. The van der Waals surface area contributed by atoms with Gasteiger partial charge < -0.3 is 5.11 Å². The van der Waals surface area contributed by atoms with Gasteiger partial charge in [0, 0.05) is 0 Å². The summed E-state index contributed by atoms with van der Waals surface area (Å²) in [6.07, 6.45) is 7.42. The second-order valence-corrected chi connectivity index (χ2v) is 5.93. The van der Waals surface area contributed by atoms with Gasteiger partial charge >= 0.3 is 0 Å². The van der Waals surface area contributed by atoms with Gasteiger partial charge in [-0.15, -0.1) is 0 Å². The Bertz CT molecular complexity index is 346. The Kier molecular flexibility index (Phi) is 4.82. The van der Waals surface area contributed by atoms with E-state index in [1.165, 1.54) is 44.1 Å². The van der Waals surface area contributed by atoms with E-state index in [0.29, 0.717) is 5.92 Å². The van der Waals surface area contributed by atoms with Gasteiger partial charge in [-0.05, 0) is 37.2 Å². The van der Waals surface area contributed by atoms with Gasteiger partial charge in [0.25, 0.3) is 0 Å². The Morgan fingerprint density at radius 1 is 1.11 bits per heavy atom. The highest BCUT2D eigenvalue weighted by molar-refractivity contribution is 5.23. The van der Waals surface area contributed by atoms with E-state index in [0.717, 1.165) is 11.5 Å². The summed E-state index contributed by atoms with van der Waals surface area (Å²) in [6, 6.07) is 8.36. The molecule has 1 aliphatic rings. The number of hydrogen-bond acceptors (Lipinski definition) is 1. The van der Waals surface area contributed by atoms with Gasteiger partial charge in [-0.25, -0.2) is 0 Å². The van der Waals surface area contributed by atoms with Crippen molar-refractivity contribution in [3.05, 3.63) is 35.4 Å². The minimum Gasteiger partial charge on any atom is -0.388 e. The molecule has 2 rings (SSSR count). The van der Waals surface area contributed by atoms with Crippen LogP contribution in [0.3, 0.4) is 0 Å². The fraction of sp³-hybridized carbons (Fsp3) is 0.647. The maximum absolute atomic E-state index is 10.5. The predicted molar refractivity (Wildman–Crippen MR) is 76.5 cm³/mol. The van der Waals surface area contributed by atoms with E-state index in [4.69, 9.17) is 0 Å². The van der Waals surface area contributed by atoms with Crippen LogP contribution in [0.1, 0.15) is 62.7 Å². The SMILES string of the molecule is CCCC1CCC(C(O)c2ccc(C)cc2)CC1. The second-order valence-electron chi connectivity index (χ2n) is 5.93. The normalized spacial score (nSPS) is 25.9. The Balaban J connectivity index is 1.91. The molecule has 18 heavy (non-hydrogen) atoms. The molecule has 1 aromatic carbocycles. The van der Waals surface area contributed by atoms with Crippen LogP contribution in [-0.4, -0.2) is 5.11 Å². The summed E-state index contributed by atoms with van der Waals surface area (Å²) in [4.78, 5) is 0. The smallest absolute Gasteiger partial charge is 0.0818 e. The van der Waals surface area contributed by atoms with Gasteiger partial charge in [-0.3, -0.25) is 0 Å². The van der Waals surface area contributed by atoms with Gasteiger partial charge in [0.15, 0.2) is 0 Å². The zero-order chi connectivity index (χ0) is 13.0. The molecule has 0 spiro atoms. The molecule has 1 heteroatoms. The Morgan fingerprint density at radius 2 is 1.72 bits per heavy atom. The largest absolute Gasteiger partial charge is 0.388 e. The van der Waals surface area contributed by atoms with Crippen LogP contribution in [0.4, 0.5) is 0 Å². The molecule has 0 aromatic heterocycles. The maximum Gasteiger partial charge on any atom is 0.0818 e. The van der Waals surface area contributed by atoms with E-state index in [1.807, 2.05) is 0 Å². The van der Waals surface area contributed by atoms with Crippen LogP contribution in [0.25, 0.3) is 0 Å². The lowest BCUT2D eigenvalue weighted by Crippen LogP contribution is -2.20. The van der Waals surface area contributed by atoms with Crippen LogP contribution in [0.5, 0.6) is 0 Å². The summed E-state index contributed by atoms with van der Waals surface area (Å²) in [7, 11) is 0. The first kappa shape index (κ1) is 13.6. The highest BCUT2D eigenvalue weighted by atomic mass is 16.3. The van der Waals surface area contributed by atoms with Gasteiger partial charge in [0.05, 0.1) is 6.10 Å². The first-order valence-electron chi connectivity index (χ1n) is 7.45. The van der Waals surface area contributed by atoms with E-state index >= 15 is 0 Å². The molecule has 1 aromatic rings. The van der Waals surface area contributed by atoms with Gasteiger partial charge in [-0.2, -0.15) is 0 Å². The molecule has 1 nitrogen and oxygen atoms in total. The number of hydrogen-bond donors (Lipinski definition) is 1. The quantitative estimate of drug-likeness (QED) is 0.821. The predicted octanol–water partition coefficient (Wildman–Crippen LogP) is 4.63. The van der Waals surface area contributed by atoms with E-state index in [2.05, 4.69) is 38.1 Å². The zero-order valence-corrected chi connectivity index (χ0v) is 11.7. The lowest BCUT2D eigenvalue weighted by Gasteiger charge is -2.31. The van der Waals surface area contributed by atoms with Crippen LogP contribution in [0.15, 0.2) is 24.3 Å². The van der Waals surface area contributed by atoms with E-state index in [9.17, 15) is 5.11 Å². The van der Waals surface area contributed by atoms with Crippen LogP contribution in [0, 0.1) is 18.8 Å². The van der Waals surface area contributed by atoms with Crippen molar-refractivity contribution in [2.24, 2.45) is 11.8 Å². The summed E-state index contributed by atoms with van der Waals surface area (Å²) in [6.45, 7) is 4.36. The standard InChI is InChI=1S/C17H26O/c1-3-4-14-7-11-16(12-8-14)17(18)15-9-5-13(2)6-10-15/h5-6,9-10,14,16-18H,3-4,7-8,11-12H2,1-2H3. The lowest BCUT2D eigenvalue weighted by atomic mass is 9.76. The van der Waals surface area contributed by atoms with Crippen LogP contribution >= 0.6 is 0 Å². The molecule has 0 heterocycles. The summed E-state index contributed by atoms with van der Waals surface area (Å²) in [5, 5.41) is 10.5. The summed E-state index contributed by atoms with van der Waals surface area (Å²) in [5.74, 6) is 1.39. The average Bonchev–Trinajstić information content (AvgIpc) is 2.40. The van der Waals surface area contributed by atoms with Crippen LogP contribution < -0.4 is 0 Å². The van der Waals surface area contributed by atoms with Crippen molar-refractivity contribution in [2.75, 3.05) is 0 Å². The van der Waals surface area contributed by atoms with Crippen LogP contribution in [-0.2, 0) is 0 Å². The molecule has 1 atom stereocenters. The summed E-state index contributed by atoms with van der Waals surface area (Å²) in [5.41, 5.74) is 2.36. The van der Waals surface area contributed by atoms with E-state index in [-0.39, 0.29) is 6.10 Å². The number of aliphatic hydroxyl groups is 1. The Labute approximate surface area is 111 Å². The molecule has 1 fully saturated rings. The number of rotatable bonds is 4. The molecule has 0 amide bonds. The number of benzene rings is 1. The van der Waals surface area contributed by atoms with E-state index in [1.54, 1.807) is 0 Å². The molecular weight excluding hydrogens is 220 g/mol. The number of aryl methyl sites for hydroxylation is 1. The molecule has 1 N–H and O–H groups in total.